The van der Waals surface area contributed by atoms with Crippen molar-refractivity contribution < 1.29 is 27.8 Å². The Morgan fingerprint density at radius 1 is 1.27 bits per heavy atom. The molecule has 0 atom stereocenters. The third-order valence-electron chi connectivity index (χ3n) is 2.83. The first-order chi connectivity index (χ1) is 10.4. The second-order valence-corrected chi connectivity index (χ2v) is 4.81. The molecule has 2 N–H and O–H groups in total. The van der Waals surface area contributed by atoms with Gasteiger partial charge in [-0.15, -0.1) is 0 Å². The van der Waals surface area contributed by atoms with Crippen molar-refractivity contribution in [3.63, 3.8) is 0 Å². The van der Waals surface area contributed by atoms with E-state index in [1.165, 1.54) is 4.90 Å². The van der Waals surface area contributed by atoms with Crippen molar-refractivity contribution in [1.82, 2.24) is 4.90 Å². The Bertz CT molecular complexity index is 489. The number of aliphatic hydroxyl groups is 1. The lowest BCUT2D eigenvalue weighted by atomic mass is 10.3. The van der Waals surface area contributed by atoms with Crippen molar-refractivity contribution in [2.75, 3.05) is 31.7 Å². The fourth-order valence-electron chi connectivity index (χ4n) is 1.75. The van der Waals surface area contributed by atoms with Gasteiger partial charge in [0.25, 0.3) is 0 Å². The van der Waals surface area contributed by atoms with E-state index in [1.807, 2.05) is 0 Å². The quantitative estimate of drug-likeness (QED) is 0.599. The molecule has 0 aliphatic heterocycles. The first-order valence-corrected chi connectivity index (χ1v) is 6.77. The molecule has 22 heavy (non-hydrogen) atoms. The number of urea groups is 1. The van der Waals surface area contributed by atoms with E-state index in [0.717, 1.165) is 0 Å². The van der Waals surface area contributed by atoms with Crippen molar-refractivity contribution in [3.8, 4) is 0 Å². The largest absolute Gasteiger partial charge is 0.394 e. The van der Waals surface area contributed by atoms with Gasteiger partial charge < -0.3 is 20.1 Å². The standard InChI is InChI=1S/C14H19F3N2O3/c1-9(2)19(3-5-22-6-4-20)14(21)18-10-7-11(15)13(17)12(16)8-10/h7-9,20H,3-6H2,1-2H3,(H,18,21). The highest BCUT2D eigenvalue weighted by molar-refractivity contribution is 5.89. The molecule has 0 aliphatic rings. The number of aliphatic hydroxyl groups excluding tert-OH is 1. The monoisotopic (exact) mass is 320 g/mol. The van der Waals surface area contributed by atoms with Crippen molar-refractivity contribution in [1.29, 1.82) is 0 Å². The van der Waals surface area contributed by atoms with Gasteiger partial charge in [0, 0.05) is 30.4 Å². The Morgan fingerprint density at radius 3 is 2.36 bits per heavy atom. The van der Waals surface area contributed by atoms with Crippen molar-refractivity contribution in [3.05, 3.63) is 29.6 Å². The summed E-state index contributed by atoms with van der Waals surface area (Å²) in [4.78, 5) is 13.5. The van der Waals surface area contributed by atoms with Crippen LogP contribution < -0.4 is 5.32 Å². The predicted molar refractivity (Wildman–Crippen MR) is 75.1 cm³/mol. The van der Waals surface area contributed by atoms with Gasteiger partial charge in [-0.1, -0.05) is 0 Å². The molecule has 0 aliphatic carbocycles. The number of ether oxygens (including phenoxy) is 1. The molecule has 0 saturated heterocycles. The number of anilines is 1. The molecule has 8 heteroatoms. The summed E-state index contributed by atoms with van der Waals surface area (Å²) in [6, 6.07) is 0.634. The zero-order chi connectivity index (χ0) is 16.7. The Kier molecular flexibility index (Phi) is 7.13. The molecule has 0 heterocycles. The number of carbonyl (C=O) groups is 1. The maximum Gasteiger partial charge on any atom is 0.322 e. The number of halogens is 3. The van der Waals surface area contributed by atoms with E-state index < -0.39 is 23.5 Å². The summed E-state index contributed by atoms with van der Waals surface area (Å²) in [6.45, 7) is 3.99. The second-order valence-electron chi connectivity index (χ2n) is 4.81. The molecule has 0 spiro atoms. The lowest BCUT2D eigenvalue weighted by Crippen LogP contribution is -2.42. The van der Waals surface area contributed by atoms with Crippen LogP contribution in [0.25, 0.3) is 0 Å². The Hall–Kier alpha value is -1.80. The first kappa shape index (κ1) is 18.2. The smallest absolute Gasteiger partial charge is 0.322 e. The molecule has 0 bridgehead atoms. The third kappa shape index (κ3) is 5.19. The number of benzene rings is 1. The van der Waals surface area contributed by atoms with Crippen LogP contribution in [0.5, 0.6) is 0 Å². The minimum Gasteiger partial charge on any atom is -0.394 e. The summed E-state index contributed by atoms with van der Waals surface area (Å²) in [5.74, 6) is -4.34. The second kappa shape index (κ2) is 8.60. The van der Waals surface area contributed by atoms with Crippen LogP contribution in [-0.4, -0.2) is 48.4 Å². The van der Waals surface area contributed by atoms with Crippen LogP contribution in [0.4, 0.5) is 23.7 Å². The van der Waals surface area contributed by atoms with E-state index in [0.29, 0.717) is 12.1 Å². The van der Waals surface area contributed by atoms with E-state index in [9.17, 15) is 18.0 Å². The van der Waals surface area contributed by atoms with Gasteiger partial charge in [0.1, 0.15) is 0 Å². The van der Waals surface area contributed by atoms with Gasteiger partial charge in [0.15, 0.2) is 17.5 Å². The Balaban J connectivity index is 2.70. The van der Waals surface area contributed by atoms with Crippen LogP contribution in [-0.2, 0) is 4.74 Å². The molecule has 124 valence electrons. The Morgan fingerprint density at radius 2 is 1.86 bits per heavy atom. The van der Waals surface area contributed by atoms with Gasteiger partial charge in [-0.3, -0.25) is 0 Å². The van der Waals surface area contributed by atoms with Gasteiger partial charge in [-0.2, -0.15) is 0 Å². The highest BCUT2D eigenvalue weighted by Crippen LogP contribution is 2.18. The lowest BCUT2D eigenvalue weighted by molar-refractivity contribution is 0.0757. The average molecular weight is 320 g/mol. The number of hydrogen-bond acceptors (Lipinski definition) is 3. The maximum absolute atomic E-state index is 13.1. The minimum absolute atomic E-state index is 0.123. The number of nitrogens with zero attached hydrogens (tertiary/aromatic N) is 1. The van der Waals surface area contributed by atoms with Crippen molar-refractivity contribution in [2.24, 2.45) is 0 Å². The van der Waals surface area contributed by atoms with E-state index >= 15 is 0 Å². The molecular weight excluding hydrogens is 301 g/mol. The molecule has 0 aromatic heterocycles. The first-order valence-electron chi connectivity index (χ1n) is 6.77. The van der Waals surface area contributed by atoms with Gasteiger partial charge in [-0.05, 0) is 13.8 Å². The molecule has 2 amide bonds. The highest BCUT2D eigenvalue weighted by atomic mass is 19.2. The summed E-state index contributed by atoms with van der Waals surface area (Å²) in [5.41, 5.74) is -0.177. The number of hydrogen-bond donors (Lipinski definition) is 2. The summed E-state index contributed by atoms with van der Waals surface area (Å²) >= 11 is 0. The van der Waals surface area contributed by atoms with Crippen LogP contribution >= 0.6 is 0 Å². The molecule has 0 unspecified atom stereocenters. The molecule has 5 nitrogen and oxygen atoms in total. The van der Waals surface area contributed by atoms with Crippen LogP contribution in [0, 0.1) is 17.5 Å². The topological polar surface area (TPSA) is 61.8 Å². The normalized spacial score (nSPS) is 10.9. The third-order valence-corrected chi connectivity index (χ3v) is 2.83. The van der Waals surface area contributed by atoms with Gasteiger partial charge >= 0.3 is 6.03 Å². The molecule has 0 radical (unpaired) electrons. The molecule has 1 rings (SSSR count). The van der Waals surface area contributed by atoms with Gasteiger partial charge in [0.2, 0.25) is 0 Å². The molecule has 1 aromatic rings. The average Bonchev–Trinajstić information content (AvgIpc) is 2.44. The number of carbonyl (C=O) groups excluding carboxylic acids is 1. The van der Waals surface area contributed by atoms with Crippen LogP contribution in [0.1, 0.15) is 13.8 Å². The molecule has 0 saturated carbocycles. The molecule has 1 aromatic carbocycles. The Labute approximate surface area is 126 Å². The minimum atomic E-state index is -1.59. The fraction of sp³-hybridized carbons (Fsp3) is 0.500. The maximum atomic E-state index is 13.1. The zero-order valence-corrected chi connectivity index (χ0v) is 12.4. The summed E-state index contributed by atoms with van der Waals surface area (Å²) in [7, 11) is 0. The van der Waals surface area contributed by atoms with E-state index in [4.69, 9.17) is 9.84 Å². The lowest BCUT2D eigenvalue weighted by Gasteiger charge is -2.27. The van der Waals surface area contributed by atoms with E-state index in [2.05, 4.69) is 5.32 Å². The number of amides is 2. The van der Waals surface area contributed by atoms with Crippen LogP contribution in [0.3, 0.4) is 0 Å². The summed E-state index contributed by atoms with van der Waals surface area (Å²) < 4.78 is 44.2. The van der Waals surface area contributed by atoms with E-state index in [1.54, 1.807) is 13.8 Å². The molecular formula is C14H19F3N2O3. The fourth-order valence-corrected chi connectivity index (χ4v) is 1.75. The van der Waals surface area contributed by atoms with E-state index in [-0.39, 0.29) is 38.1 Å². The van der Waals surface area contributed by atoms with Crippen molar-refractivity contribution >= 4 is 11.7 Å². The summed E-state index contributed by atoms with van der Waals surface area (Å²) in [5, 5.41) is 10.9. The van der Waals surface area contributed by atoms with Crippen LogP contribution in [0.15, 0.2) is 12.1 Å². The van der Waals surface area contributed by atoms with Crippen molar-refractivity contribution in [2.45, 2.75) is 19.9 Å². The SMILES string of the molecule is CC(C)N(CCOCCO)C(=O)Nc1cc(F)c(F)c(F)c1. The number of rotatable bonds is 7. The number of nitrogens with one attached hydrogen (secondary N) is 1. The summed E-state index contributed by atoms with van der Waals surface area (Å²) in [6.07, 6.45) is 0. The highest BCUT2D eigenvalue weighted by Gasteiger charge is 2.18. The van der Waals surface area contributed by atoms with Crippen LogP contribution in [0.2, 0.25) is 0 Å². The van der Waals surface area contributed by atoms with Gasteiger partial charge in [-0.25, -0.2) is 18.0 Å². The van der Waals surface area contributed by atoms with Gasteiger partial charge in [0.05, 0.1) is 19.8 Å². The zero-order valence-electron chi connectivity index (χ0n) is 12.4. The predicted octanol–water partition coefficient (Wildman–Crippen LogP) is 2.36. The molecule has 0 fully saturated rings.